The Balaban J connectivity index is 0.000000162. The SMILES string of the molecule is C[Si](C)(C)CCOCn1c(=O)n(C2CCOCC2)c2nc(-c3cnc4ccc(C#N)cn34)ncc21.C[Si](C)(C)CCOCn1c(=O)n(C2CCOCC2)c2nc(Cl)ncc21.N#Cc1ccc2nccn2c1. The second kappa shape index (κ2) is 22.4. The van der Waals surface area contributed by atoms with Crippen LogP contribution in [0.4, 0.5) is 0 Å². The van der Waals surface area contributed by atoms with Crippen molar-refractivity contribution in [3.63, 3.8) is 0 Å². The third-order valence-electron chi connectivity index (χ3n) is 12.3. The van der Waals surface area contributed by atoms with Crippen molar-refractivity contribution < 1.29 is 18.9 Å². The van der Waals surface area contributed by atoms with Crippen LogP contribution in [-0.4, -0.2) is 113 Å². The lowest BCUT2D eigenvalue weighted by atomic mass is 10.1. The number of fused-ring (bicyclic) bond motifs is 4. The monoisotopic (exact) mass is 1020 g/mol. The molecule has 8 aromatic heterocycles. The summed E-state index contributed by atoms with van der Waals surface area (Å²) in [6.07, 6.45) is 15.0. The molecular weight excluding hydrogens is 960 g/mol. The van der Waals surface area contributed by atoms with Crippen molar-refractivity contribution in [2.45, 2.75) is 103 Å². The van der Waals surface area contributed by atoms with Gasteiger partial charge in [-0.1, -0.05) is 39.3 Å². The zero-order valence-corrected chi connectivity index (χ0v) is 43.7. The van der Waals surface area contributed by atoms with Gasteiger partial charge in [-0.05, 0) is 73.6 Å². The molecule has 0 saturated carbocycles. The standard InChI is InChI=1S/C24H29N7O3Si.C16H25ClN4O3Si.C8H5N3/c1-35(2,3)11-10-34-16-30-20-14-27-22(19-13-26-21-5-4-17(12-25)15-29(19)21)28-23(20)31(24(30)32)18-6-8-33-9-7-18;1-25(2,3)9-8-24-11-20-13-10-18-15(17)19-14(13)21(16(20)22)12-4-6-23-7-5-12;9-5-7-1-2-8-10-3-4-11(8)6-7/h4-5,13-15,18H,6-11,16H2,1-3H3;10,12H,4-9,11H2,1-3H3;1-4,6H. The normalized spacial score (nSPS) is 14.8. The van der Waals surface area contributed by atoms with Gasteiger partial charge in [0, 0.05) is 92.7 Å². The molecule has 2 fully saturated rings. The molecule has 0 amide bonds. The van der Waals surface area contributed by atoms with Crippen LogP contribution in [0.15, 0.2) is 77.2 Å². The van der Waals surface area contributed by atoms with E-state index in [1.807, 2.05) is 16.7 Å². The van der Waals surface area contributed by atoms with Crippen LogP contribution in [0.3, 0.4) is 0 Å². The molecule has 0 N–H and O–H groups in total. The van der Waals surface area contributed by atoms with E-state index in [0.717, 1.165) is 43.4 Å². The fraction of sp³-hybridized carbons (Fsp3) is 0.458. The van der Waals surface area contributed by atoms with Gasteiger partial charge in [-0.15, -0.1) is 0 Å². The first kappa shape index (κ1) is 51.0. The average molecular weight is 1020 g/mol. The molecule has 2 aliphatic rings. The molecule has 8 aromatic rings. The molecule has 2 aliphatic heterocycles. The zero-order chi connectivity index (χ0) is 50.3. The van der Waals surface area contributed by atoms with Crippen molar-refractivity contribution in [3.8, 4) is 23.7 Å². The lowest BCUT2D eigenvalue weighted by Gasteiger charge is -2.22. The van der Waals surface area contributed by atoms with Crippen LogP contribution in [-0.2, 0) is 32.4 Å². The molecule has 372 valence electrons. The Morgan fingerprint density at radius 3 is 1.75 bits per heavy atom. The minimum atomic E-state index is -1.24. The molecule has 10 heterocycles. The van der Waals surface area contributed by atoms with Gasteiger partial charge >= 0.3 is 11.4 Å². The maximum Gasteiger partial charge on any atom is 0.332 e. The van der Waals surface area contributed by atoms with Gasteiger partial charge in [0.2, 0.25) is 5.28 Å². The Hall–Kier alpha value is -6.38. The number of nitrogens with zero attached hydrogens (tertiary/aromatic N) is 14. The number of pyridine rings is 2. The number of hydrogen-bond donors (Lipinski definition) is 0. The number of imidazole rings is 4. The molecule has 2 saturated heterocycles. The van der Waals surface area contributed by atoms with Crippen LogP contribution >= 0.6 is 11.6 Å². The molecule has 23 heteroatoms. The summed E-state index contributed by atoms with van der Waals surface area (Å²) in [5.41, 5.74) is 5.57. The Morgan fingerprint density at radius 1 is 0.676 bits per heavy atom. The van der Waals surface area contributed by atoms with Gasteiger partial charge in [0.05, 0.1) is 29.7 Å². The molecule has 0 spiro atoms. The smallest absolute Gasteiger partial charge is 0.332 e. The van der Waals surface area contributed by atoms with Gasteiger partial charge in [0.25, 0.3) is 0 Å². The van der Waals surface area contributed by atoms with Crippen molar-refractivity contribution >= 4 is 61.4 Å². The highest BCUT2D eigenvalue weighted by Gasteiger charge is 2.27. The molecule has 0 bridgehead atoms. The molecule has 0 atom stereocenters. The van der Waals surface area contributed by atoms with Crippen molar-refractivity contribution in [3.05, 3.63) is 105 Å². The topological polar surface area (TPSA) is 225 Å². The largest absolute Gasteiger partial charge is 0.381 e. The number of hydrogen-bond acceptors (Lipinski definition) is 14. The molecule has 71 heavy (non-hydrogen) atoms. The Morgan fingerprint density at radius 2 is 1.20 bits per heavy atom. The van der Waals surface area contributed by atoms with E-state index >= 15 is 0 Å². The quantitative estimate of drug-likeness (QED) is 0.0618. The summed E-state index contributed by atoms with van der Waals surface area (Å²) in [5.74, 6) is 0.442. The van der Waals surface area contributed by atoms with Crippen LogP contribution in [0.1, 0.15) is 48.9 Å². The fourth-order valence-electron chi connectivity index (χ4n) is 8.28. The van der Waals surface area contributed by atoms with Crippen molar-refractivity contribution in [2.24, 2.45) is 0 Å². The molecule has 20 nitrogen and oxygen atoms in total. The predicted octanol–water partition coefficient (Wildman–Crippen LogP) is 7.56. The highest BCUT2D eigenvalue weighted by molar-refractivity contribution is 6.76. The van der Waals surface area contributed by atoms with Crippen LogP contribution < -0.4 is 11.4 Å². The van der Waals surface area contributed by atoms with Crippen LogP contribution in [0.25, 0.3) is 45.1 Å². The number of rotatable bonds is 13. The van der Waals surface area contributed by atoms with E-state index in [1.165, 1.54) is 0 Å². The maximum absolute atomic E-state index is 13.6. The second-order valence-electron chi connectivity index (χ2n) is 19.9. The fourth-order valence-corrected chi connectivity index (χ4v) is 9.92. The summed E-state index contributed by atoms with van der Waals surface area (Å²) in [7, 11) is -2.40. The lowest BCUT2D eigenvalue weighted by Crippen LogP contribution is -2.31. The summed E-state index contributed by atoms with van der Waals surface area (Å²) in [6, 6.07) is 13.4. The van der Waals surface area contributed by atoms with Crippen LogP contribution in [0.5, 0.6) is 0 Å². The third-order valence-corrected chi connectivity index (χ3v) is 15.9. The molecule has 0 radical (unpaired) electrons. The first-order valence-electron chi connectivity index (χ1n) is 23.7. The van der Waals surface area contributed by atoms with Crippen molar-refractivity contribution in [1.29, 1.82) is 10.5 Å². The third kappa shape index (κ3) is 12.2. The van der Waals surface area contributed by atoms with Gasteiger partial charge in [-0.25, -0.2) is 34.5 Å². The minimum Gasteiger partial charge on any atom is -0.381 e. The molecule has 0 aliphatic carbocycles. The van der Waals surface area contributed by atoms with Gasteiger partial charge in [-0.3, -0.25) is 22.7 Å². The van der Waals surface area contributed by atoms with Crippen LogP contribution in [0, 0.1) is 22.7 Å². The summed E-state index contributed by atoms with van der Waals surface area (Å²) < 4.78 is 33.0. The number of aromatic nitrogens is 12. The number of halogens is 1. The van der Waals surface area contributed by atoms with E-state index < -0.39 is 16.1 Å². The van der Waals surface area contributed by atoms with E-state index in [4.69, 9.17) is 40.8 Å². The molecule has 10 rings (SSSR count). The van der Waals surface area contributed by atoms with Gasteiger partial charge in [0.15, 0.2) is 17.1 Å². The van der Waals surface area contributed by atoms with Crippen molar-refractivity contribution in [1.82, 2.24) is 57.0 Å². The Kier molecular flexibility index (Phi) is 16.1. The summed E-state index contributed by atoms with van der Waals surface area (Å²) in [5, 5.41) is 18.0. The highest BCUT2D eigenvalue weighted by Crippen LogP contribution is 2.27. The zero-order valence-electron chi connectivity index (χ0n) is 41.0. The average Bonchev–Trinajstić information content (AvgIpc) is 4.13. The van der Waals surface area contributed by atoms with Crippen molar-refractivity contribution in [2.75, 3.05) is 39.6 Å². The van der Waals surface area contributed by atoms with E-state index in [9.17, 15) is 14.9 Å². The minimum absolute atomic E-state index is 0.00268. The number of nitriles is 2. The van der Waals surface area contributed by atoms with Crippen LogP contribution in [0.2, 0.25) is 56.7 Å². The summed E-state index contributed by atoms with van der Waals surface area (Å²) in [4.78, 5) is 52.8. The van der Waals surface area contributed by atoms with Gasteiger partial charge in [0.1, 0.15) is 53.6 Å². The second-order valence-corrected chi connectivity index (χ2v) is 31.5. The molecule has 0 unspecified atom stereocenters. The first-order chi connectivity index (χ1) is 34.1. The molecule has 0 aromatic carbocycles. The number of ether oxygens (including phenoxy) is 4. The maximum atomic E-state index is 13.6. The van der Waals surface area contributed by atoms with E-state index in [1.54, 1.807) is 78.0 Å². The van der Waals surface area contributed by atoms with E-state index in [2.05, 4.69) is 76.3 Å². The lowest BCUT2D eigenvalue weighted by molar-refractivity contribution is 0.0667. The van der Waals surface area contributed by atoms with Gasteiger partial charge < -0.3 is 23.3 Å². The van der Waals surface area contributed by atoms with Gasteiger partial charge in [-0.2, -0.15) is 15.5 Å². The van der Waals surface area contributed by atoms with E-state index in [-0.39, 0.29) is 42.2 Å². The first-order valence-corrected chi connectivity index (χ1v) is 31.5. The highest BCUT2D eigenvalue weighted by atomic mass is 35.5. The Labute approximate surface area is 417 Å². The Bertz CT molecular complexity index is 3340. The molecular formula is C48H59ClN14O6Si2. The predicted molar refractivity (Wildman–Crippen MR) is 274 cm³/mol. The summed E-state index contributed by atoms with van der Waals surface area (Å²) >= 11 is 5.97. The summed E-state index contributed by atoms with van der Waals surface area (Å²) in [6.45, 7) is 18.0. The van der Waals surface area contributed by atoms with E-state index in [0.29, 0.717) is 90.3 Å².